The molecule has 0 rings (SSSR count). The normalized spacial score (nSPS) is 12.6. The van der Waals surface area contributed by atoms with Crippen LogP contribution in [0.1, 0.15) is 12.8 Å². The van der Waals surface area contributed by atoms with Crippen LogP contribution in [0.2, 0.25) is 0 Å². The zero-order valence-corrected chi connectivity index (χ0v) is 7.28. The van der Waals surface area contributed by atoms with Crippen molar-refractivity contribution in [2.45, 2.75) is 19.0 Å². The Balaban J connectivity index is 3.78. The molecule has 0 aromatic carbocycles. The zero-order chi connectivity index (χ0) is 9.56. The van der Waals surface area contributed by atoms with E-state index in [4.69, 9.17) is 5.11 Å². The fourth-order valence-corrected chi connectivity index (χ4v) is 0.829. The van der Waals surface area contributed by atoms with E-state index in [2.05, 4.69) is 5.32 Å². The van der Waals surface area contributed by atoms with Crippen molar-refractivity contribution in [1.82, 2.24) is 10.2 Å². The molecule has 70 valence electrons. The van der Waals surface area contributed by atoms with Gasteiger partial charge >= 0.3 is 5.97 Å². The molecule has 0 saturated heterocycles. The van der Waals surface area contributed by atoms with E-state index in [-0.39, 0.29) is 12.6 Å². The maximum absolute atomic E-state index is 10.2. The highest BCUT2D eigenvalue weighted by Crippen LogP contribution is 1.98. The van der Waals surface area contributed by atoms with E-state index in [0.717, 1.165) is 0 Å². The maximum Gasteiger partial charge on any atom is 0.303 e. The number of nitrogens with one attached hydrogen (secondary N) is 1. The van der Waals surface area contributed by atoms with E-state index >= 15 is 0 Å². The summed E-state index contributed by atoms with van der Waals surface area (Å²) in [5.41, 5.74) is 0. The molecular weight excluding hydrogens is 160 g/mol. The van der Waals surface area contributed by atoms with Crippen molar-refractivity contribution in [3.63, 3.8) is 0 Å². The van der Waals surface area contributed by atoms with Crippen LogP contribution in [0.15, 0.2) is 0 Å². The number of aliphatic carboxylic acids is 1. The minimum atomic E-state index is -0.852. The number of rotatable bonds is 6. The lowest BCUT2D eigenvalue weighted by molar-refractivity contribution is -0.137. The van der Waals surface area contributed by atoms with E-state index in [1.54, 1.807) is 19.0 Å². The standard InChI is InChI=1S/C7H14N2O3/c1-9(2)6(8-5-10)3-4-7(11)12/h5-6H,3-4H2,1-2H3,(H,8,10)(H,11,12). The molecule has 0 spiro atoms. The quantitative estimate of drug-likeness (QED) is 0.420. The highest BCUT2D eigenvalue weighted by atomic mass is 16.4. The molecule has 0 aromatic rings. The number of hydrogen-bond donors (Lipinski definition) is 2. The minimum absolute atomic E-state index is 0.0592. The average molecular weight is 174 g/mol. The van der Waals surface area contributed by atoms with Gasteiger partial charge in [0.2, 0.25) is 6.41 Å². The van der Waals surface area contributed by atoms with Crippen molar-refractivity contribution in [2.75, 3.05) is 14.1 Å². The largest absolute Gasteiger partial charge is 0.481 e. The number of nitrogens with zero attached hydrogens (tertiary/aromatic N) is 1. The first-order chi connectivity index (χ1) is 5.57. The molecule has 0 aliphatic carbocycles. The Bertz CT molecular complexity index is 159. The molecule has 0 aliphatic rings. The summed E-state index contributed by atoms with van der Waals surface area (Å²) in [6.45, 7) is 0. The number of carboxylic acid groups (broad SMARTS) is 1. The number of carboxylic acids is 1. The summed E-state index contributed by atoms with van der Waals surface area (Å²) in [5.74, 6) is -0.852. The average Bonchev–Trinajstić information content (AvgIpc) is 1.96. The van der Waals surface area contributed by atoms with Crippen LogP contribution in [-0.4, -0.2) is 42.6 Å². The van der Waals surface area contributed by atoms with Crippen molar-refractivity contribution >= 4 is 12.4 Å². The topological polar surface area (TPSA) is 69.6 Å². The van der Waals surface area contributed by atoms with Crippen LogP contribution in [0, 0.1) is 0 Å². The molecule has 1 atom stereocenters. The van der Waals surface area contributed by atoms with Gasteiger partial charge in [0.1, 0.15) is 0 Å². The molecule has 0 saturated carbocycles. The van der Waals surface area contributed by atoms with Crippen LogP contribution < -0.4 is 5.32 Å². The van der Waals surface area contributed by atoms with Crippen LogP contribution in [0.5, 0.6) is 0 Å². The molecule has 0 aromatic heterocycles. The molecule has 2 N–H and O–H groups in total. The van der Waals surface area contributed by atoms with Gasteiger partial charge in [0.05, 0.1) is 6.17 Å². The molecule has 5 heteroatoms. The van der Waals surface area contributed by atoms with Crippen molar-refractivity contribution < 1.29 is 14.7 Å². The SMILES string of the molecule is CN(C)C(CCC(=O)O)NC=O. The molecule has 0 bridgehead atoms. The van der Waals surface area contributed by atoms with Crippen LogP contribution in [0.4, 0.5) is 0 Å². The molecule has 1 unspecified atom stereocenters. The van der Waals surface area contributed by atoms with Crippen molar-refractivity contribution in [1.29, 1.82) is 0 Å². The number of amides is 1. The van der Waals surface area contributed by atoms with Crippen molar-refractivity contribution in [3.8, 4) is 0 Å². The highest BCUT2D eigenvalue weighted by Gasteiger charge is 2.10. The van der Waals surface area contributed by atoms with E-state index in [1.165, 1.54) is 0 Å². The van der Waals surface area contributed by atoms with Crippen molar-refractivity contribution in [3.05, 3.63) is 0 Å². The second-order valence-corrected chi connectivity index (χ2v) is 2.70. The molecule has 0 radical (unpaired) electrons. The van der Waals surface area contributed by atoms with Gasteiger partial charge in [-0.2, -0.15) is 0 Å². The summed E-state index contributed by atoms with van der Waals surface area (Å²) in [7, 11) is 3.56. The monoisotopic (exact) mass is 174 g/mol. The third kappa shape index (κ3) is 4.68. The first-order valence-electron chi connectivity index (χ1n) is 3.66. The summed E-state index contributed by atoms with van der Waals surface area (Å²) in [5, 5.41) is 10.9. The minimum Gasteiger partial charge on any atom is -0.481 e. The third-order valence-electron chi connectivity index (χ3n) is 1.52. The van der Waals surface area contributed by atoms with Gasteiger partial charge in [0.15, 0.2) is 0 Å². The van der Waals surface area contributed by atoms with E-state index < -0.39 is 5.97 Å². The van der Waals surface area contributed by atoms with Crippen molar-refractivity contribution in [2.24, 2.45) is 0 Å². The molecule has 0 aliphatic heterocycles. The molecule has 1 amide bonds. The number of carbonyl (C=O) groups is 2. The second-order valence-electron chi connectivity index (χ2n) is 2.70. The molecule has 5 nitrogen and oxygen atoms in total. The first-order valence-corrected chi connectivity index (χ1v) is 3.66. The summed E-state index contributed by atoms with van der Waals surface area (Å²) in [4.78, 5) is 22.0. The first kappa shape index (κ1) is 10.9. The Morgan fingerprint density at radius 1 is 1.67 bits per heavy atom. The van der Waals surface area contributed by atoms with Gasteiger partial charge in [0, 0.05) is 6.42 Å². The highest BCUT2D eigenvalue weighted by molar-refractivity contribution is 5.66. The lowest BCUT2D eigenvalue weighted by Gasteiger charge is -2.22. The zero-order valence-electron chi connectivity index (χ0n) is 7.28. The van der Waals surface area contributed by atoms with Gasteiger partial charge in [-0.05, 0) is 20.5 Å². The molecule has 0 fully saturated rings. The second kappa shape index (κ2) is 5.54. The maximum atomic E-state index is 10.2. The third-order valence-corrected chi connectivity index (χ3v) is 1.52. The summed E-state index contributed by atoms with van der Waals surface area (Å²) >= 11 is 0. The van der Waals surface area contributed by atoms with Gasteiger partial charge in [-0.3, -0.25) is 14.5 Å². The Morgan fingerprint density at radius 3 is 2.58 bits per heavy atom. The summed E-state index contributed by atoms with van der Waals surface area (Å²) in [6.07, 6.45) is 0.857. The summed E-state index contributed by atoms with van der Waals surface area (Å²) in [6, 6.07) is 0. The number of carbonyl (C=O) groups excluding carboxylic acids is 1. The number of hydrogen-bond acceptors (Lipinski definition) is 3. The lowest BCUT2D eigenvalue weighted by atomic mass is 10.2. The lowest BCUT2D eigenvalue weighted by Crippen LogP contribution is -2.40. The Kier molecular flexibility index (Phi) is 5.03. The fraction of sp³-hybridized carbons (Fsp3) is 0.714. The van der Waals surface area contributed by atoms with Crippen LogP contribution >= 0.6 is 0 Å². The Hall–Kier alpha value is -1.10. The predicted molar refractivity (Wildman–Crippen MR) is 43.5 cm³/mol. The smallest absolute Gasteiger partial charge is 0.303 e. The molecular formula is C7H14N2O3. The van der Waals surface area contributed by atoms with Gasteiger partial charge in [0.25, 0.3) is 0 Å². The van der Waals surface area contributed by atoms with Gasteiger partial charge in [-0.25, -0.2) is 0 Å². The van der Waals surface area contributed by atoms with Crippen LogP contribution in [-0.2, 0) is 9.59 Å². The Labute approximate surface area is 71.4 Å². The fourth-order valence-electron chi connectivity index (χ4n) is 0.829. The Morgan fingerprint density at radius 2 is 2.25 bits per heavy atom. The van der Waals surface area contributed by atoms with E-state index in [1.807, 2.05) is 0 Å². The molecule has 0 heterocycles. The van der Waals surface area contributed by atoms with Crippen LogP contribution in [0.3, 0.4) is 0 Å². The van der Waals surface area contributed by atoms with Gasteiger partial charge in [-0.15, -0.1) is 0 Å². The predicted octanol–water partition coefficient (Wildman–Crippen LogP) is -0.515. The molecule has 12 heavy (non-hydrogen) atoms. The van der Waals surface area contributed by atoms with Crippen LogP contribution in [0.25, 0.3) is 0 Å². The van der Waals surface area contributed by atoms with E-state index in [9.17, 15) is 9.59 Å². The van der Waals surface area contributed by atoms with Gasteiger partial charge < -0.3 is 10.4 Å². The van der Waals surface area contributed by atoms with E-state index in [0.29, 0.717) is 12.8 Å². The summed E-state index contributed by atoms with van der Waals surface area (Å²) < 4.78 is 0. The van der Waals surface area contributed by atoms with Gasteiger partial charge in [-0.1, -0.05) is 0 Å².